The zero-order valence-electron chi connectivity index (χ0n) is 17.4. The number of alkyl halides is 17. The van der Waals surface area contributed by atoms with Gasteiger partial charge in [0.2, 0.25) is 0 Å². The third kappa shape index (κ3) is 5.34. The Kier molecular flexibility index (Phi) is 9.53. The lowest BCUT2D eigenvalue weighted by Gasteiger charge is -2.42. The minimum atomic E-state index is -8.56. The molecule has 0 N–H and O–H groups in total. The second-order valence-electron chi connectivity index (χ2n) is 6.92. The van der Waals surface area contributed by atoms with Gasteiger partial charge in [-0.1, -0.05) is 37.3 Å². The fourth-order valence-corrected chi connectivity index (χ4v) is 2.75. The van der Waals surface area contributed by atoms with Crippen LogP contribution in [0.25, 0.3) is 0 Å². The molecule has 210 valence electrons. The molecule has 0 aliphatic carbocycles. The van der Waals surface area contributed by atoms with Crippen molar-refractivity contribution in [2.24, 2.45) is 0 Å². The van der Waals surface area contributed by atoms with E-state index in [0.717, 1.165) is 5.19 Å². The second kappa shape index (κ2) is 10.1. The van der Waals surface area contributed by atoms with Crippen molar-refractivity contribution in [2.75, 3.05) is 0 Å². The molecule has 0 radical (unpaired) electrons. The zero-order chi connectivity index (χ0) is 29.4. The second-order valence-corrected chi connectivity index (χ2v) is 8.61. The normalized spacial score (nSPS) is 14.8. The van der Waals surface area contributed by atoms with Gasteiger partial charge >= 0.3 is 56.3 Å². The fourth-order valence-electron chi connectivity index (χ4n) is 2.09. The molecule has 0 bridgehead atoms. The molecule has 1 aromatic carbocycles. The first-order valence-electron chi connectivity index (χ1n) is 8.89. The molecule has 0 amide bonds. The van der Waals surface area contributed by atoms with Gasteiger partial charge in [-0.15, -0.1) is 0 Å². The third-order valence-corrected chi connectivity index (χ3v) is 5.56. The van der Waals surface area contributed by atoms with E-state index in [-0.39, 0.29) is 6.92 Å². The Morgan fingerprint density at radius 2 is 0.861 bits per heavy atom. The minimum Gasteiger partial charge on any atom is -0.383 e. The van der Waals surface area contributed by atoms with Crippen molar-refractivity contribution in [3.8, 4) is 0 Å². The first-order chi connectivity index (χ1) is 15.6. The average molecular weight is 584 g/mol. The van der Waals surface area contributed by atoms with Gasteiger partial charge in [0.05, 0.1) is 0 Å². The van der Waals surface area contributed by atoms with E-state index in [1.165, 1.54) is 0 Å². The van der Waals surface area contributed by atoms with Gasteiger partial charge in [0.1, 0.15) is 0 Å². The molecule has 0 aliphatic rings. The van der Waals surface area contributed by atoms with Crippen molar-refractivity contribution in [3.05, 3.63) is 30.3 Å². The lowest BCUT2D eigenvalue weighted by atomic mass is 9.88. The Morgan fingerprint density at radius 3 is 1.11 bits per heavy atom. The highest BCUT2D eigenvalue weighted by molar-refractivity contribution is 6.58. The Balaban J connectivity index is 0.00000113. The van der Waals surface area contributed by atoms with Gasteiger partial charge in [0.25, 0.3) is 0 Å². The first-order valence-corrected chi connectivity index (χ1v) is 10.8. The molecular formula is C17H13F17OSi. The molecule has 1 nitrogen and oxygen atoms in total. The third-order valence-electron chi connectivity index (χ3n) is 4.41. The molecule has 0 saturated heterocycles. The van der Waals surface area contributed by atoms with Crippen molar-refractivity contribution in [2.45, 2.75) is 67.5 Å². The lowest BCUT2D eigenvalue weighted by Crippen LogP contribution is -2.74. The van der Waals surface area contributed by atoms with Crippen LogP contribution >= 0.6 is 0 Å². The Labute approximate surface area is 191 Å². The summed E-state index contributed by atoms with van der Waals surface area (Å²) in [7, 11) is -1.46. The molecule has 0 heterocycles. The van der Waals surface area contributed by atoms with Crippen molar-refractivity contribution in [3.63, 3.8) is 0 Å². The molecule has 0 fully saturated rings. The molecule has 0 unspecified atom stereocenters. The maximum Gasteiger partial charge on any atom is 0.460 e. The van der Waals surface area contributed by atoms with E-state index in [2.05, 4.69) is 0 Å². The van der Waals surface area contributed by atoms with Gasteiger partial charge in [-0.05, 0) is 11.7 Å². The number of benzene rings is 1. The van der Waals surface area contributed by atoms with E-state index >= 15 is 0 Å². The smallest absolute Gasteiger partial charge is 0.383 e. The van der Waals surface area contributed by atoms with Crippen LogP contribution < -0.4 is 5.19 Å². The SMILES string of the molecule is CCC(F)(F)C(F)(F)C(F)(F)C(F)(F)C(F)(F)C(F)(F)C(F)(F)C(F)(F)F.C[Si](=O)c1ccccc1. The largest absolute Gasteiger partial charge is 0.460 e. The Bertz CT molecular complexity index is 892. The molecule has 0 spiro atoms. The summed E-state index contributed by atoms with van der Waals surface area (Å²) in [5.74, 6) is -55.6. The van der Waals surface area contributed by atoms with Crippen molar-refractivity contribution in [1.29, 1.82) is 0 Å². The first kappa shape index (κ1) is 34.0. The van der Waals surface area contributed by atoms with E-state index in [0.29, 0.717) is 0 Å². The van der Waals surface area contributed by atoms with E-state index in [1.807, 2.05) is 30.3 Å². The van der Waals surface area contributed by atoms with Crippen LogP contribution in [-0.4, -0.2) is 56.3 Å². The molecule has 19 heteroatoms. The Hall–Kier alpha value is -1.95. The van der Waals surface area contributed by atoms with Gasteiger partial charge in [-0.3, -0.25) is 0 Å². The summed E-state index contributed by atoms with van der Waals surface area (Å²) >= 11 is 0. The maximum absolute atomic E-state index is 13.1. The summed E-state index contributed by atoms with van der Waals surface area (Å²) in [5, 5.41) is 0.961. The van der Waals surface area contributed by atoms with Crippen LogP contribution in [0.2, 0.25) is 6.55 Å². The van der Waals surface area contributed by atoms with Gasteiger partial charge < -0.3 is 4.46 Å². The maximum atomic E-state index is 13.1. The molecule has 1 rings (SSSR count). The zero-order valence-corrected chi connectivity index (χ0v) is 18.4. The van der Waals surface area contributed by atoms with Crippen LogP contribution in [0.3, 0.4) is 0 Å². The summed E-state index contributed by atoms with van der Waals surface area (Å²) in [6, 6.07) is 9.51. The molecule has 0 atom stereocenters. The number of hydrogen-bond acceptors (Lipinski definition) is 1. The predicted octanol–water partition coefficient (Wildman–Crippen LogP) is 7.35. The van der Waals surface area contributed by atoms with Crippen LogP contribution in [0.5, 0.6) is 0 Å². The molecule has 36 heavy (non-hydrogen) atoms. The van der Waals surface area contributed by atoms with Crippen molar-refractivity contribution < 1.29 is 79.1 Å². The van der Waals surface area contributed by atoms with Crippen LogP contribution in [0.15, 0.2) is 30.3 Å². The summed E-state index contributed by atoms with van der Waals surface area (Å²) in [6.45, 7) is 1.69. The van der Waals surface area contributed by atoms with E-state index in [4.69, 9.17) is 0 Å². The lowest BCUT2D eigenvalue weighted by molar-refractivity contribution is -0.461. The average Bonchev–Trinajstić information content (AvgIpc) is 2.73. The van der Waals surface area contributed by atoms with Crippen LogP contribution in [0.4, 0.5) is 74.6 Å². The monoisotopic (exact) mass is 584 g/mol. The van der Waals surface area contributed by atoms with Gasteiger partial charge in [0.15, 0.2) is 0 Å². The van der Waals surface area contributed by atoms with Crippen molar-refractivity contribution >= 4 is 13.9 Å². The van der Waals surface area contributed by atoms with E-state index < -0.39 is 62.7 Å². The number of rotatable bonds is 8. The molecule has 0 aromatic heterocycles. The quantitative estimate of drug-likeness (QED) is 0.231. The van der Waals surface area contributed by atoms with Crippen LogP contribution in [-0.2, 0) is 4.46 Å². The number of hydrogen-bond donors (Lipinski definition) is 0. The highest BCUT2D eigenvalue weighted by atomic mass is 28.3. The summed E-state index contributed by atoms with van der Waals surface area (Å²) in [5.41, 5.74) is 0. The Morgan fingerprint density at radius 1 is 0.556 bits per heavy atom. The summed E-state index contributed by atoms with van der Waals surface area (Å²) in [6.07, 6.45) is -10.2. The van der Waals surface area contributed by atoms with Gasteiger partial charge in [-0.2, -0.15) is 74.6 Å². The molecule has 0 saturated carbocycles. The summed E-state index contributed by atoms with van der Waals surface area (Å²) < 4.78 is 226. The molecule has 0 aliphatic heterocycles. The van der Waals surface area contributed by atoms with Crippen LogP contribution in [0, 0.1) is 0 Å². The van der Waals surface area contributed by atoms with E-state index in [9.17, 15) is 79.1 Å². The fraction of sp³-hybridized carbons (Fsp3) is 0.647. The van der Waals surface area contributed by atoms with Gasteiger partial charge in [-0.25, -0.2) is 0 Å². The van der Waals surface area contributed by atoms with Gasteiger partial charge in [0, 0.05) is 6.42 Å². The molecule has 1 aromatic rings. The topological polar surface area (TPSA) is 17.1 Å². The number of halogens is 17. The molecular weight excluding hydrogens is 571 g/mol. The highest BCUT2D eigenvalue weighted by Gasteiger charge is 2.95. The van der Waals surface area contributed by atoms with Crippen LogP contribution in [0.1, 0.15) is 13.3 Å². The van der Waals surface area contributed by atoms with E-state index in [1.54, 1.807) is 6.55 Å². The summed E-state index contributed by atoms with van der Waals surface area (Å²) in [4.78, 5) is 0. The minimum absolute atomic E-state index is 0.0628. The highest BCUT2D eigenvalue weighted by Crippen LogP contribution is 2.64. The predicted molar refractivity (Wildman–Crippen MR) is 89.4 cm³/mol. The van der Waals surface area contributed by atoms with Crippen molar-refractivity contribution in [1.82, 2.24) is 0 Å². The standard InChI is InChI=1S/C10H5F17.C7H8OSi/c1-2-3(11,12)4(13,14)5(15,16)6(17,18)7(19,20)8(21,22)9(23,24)10(25,26)27;1-9(8)7-5-3-2-4-6-7/h2H2,1H3;2-6H,1H3.